The molecular formula is C33H29N3O3. The molecule has 0 spiro atoms. The molecule has 6 nitrogen and oxygen atoms in total. The Hall–Kier alpha value is -4.86. The monoisotopic (exact) mass is 515 g/mol. The summed E-state index contributed by atoms with van der Waals surface area (Å²) in [5.41, 5.74) is 6.91. The number of imidazole rings is 1. The van der Waals surface area contributed by atoms with Crippen LogP contribution >= 0.6 is 0 Å². The third kappa shape index (κ3) is 6.01. The number of nitrogens with zero attached hydrogens (tertiary/aromatic N) is 3. The molecule has 39 heavy (non-hydrogen) atoms. The number of aliphatic hydroxyl groups excluding tert-OH is 1. The average Bonchev–Trinajstić information content (AvgIpc) is 3.44. The van der Waals surface area contributed by atoms with Gasteiger partial charge in [-0.2, -0.15) is 5.26 Å². The van der Waals surface area contributed by atoms with Crippen LogP contribution < -0.4 is 9.47 Å². The van der Waals surface area contributed by atoms with Crippen molar-refractivity contribution < 1.29 is 14.6 Å². The smallest absolute Gasteiger partial charge is 0.143 e. The topological polar surface area (TPSA) is 80.3 Å². The van der Waals surface area contributed by atoms with Gasteiger partial charge in [0.2, 0.25) is 0 Å². The van der Waals surface area contributed by atoms with Crippen LogP contribution in [0.1, 0.15) is 22.3 Å². The van der Waals surface area contributed by atoms with Crippen molar-refractivity contribution in [2.45, 2.75) is 26.7 Å². The number of rotatable bonds is 10. The SMILES string of the molecule is Cc1c(COc2ccc(-c3nccn3CCO)c(OCc3cccc(C#N)c3)c2)cccc1-c1ccccc1. The standard InChI is InChI=1S/C33H29N3O3/c1-24-28(11-6-12-30(24)27-9-3-2-4-10-27)23-38-29-13-14-31(33-35-15-16-36(33)17-18-37)32(20-29)39-22-26-8-5-7-25(19-26)21-34/h2-16,19-20,37H,17-18,22-23H2,1H3. The van der Waals surface area contributed by atoms with Crippen molar-refractivity contribution in [3.63, 3.8) is 0 Å². The number of ether oxygens (including phenoxy) is 2. The Morgan fingerprint density at radius 1 is 0.872 bits per heavy atom. The van der Waals surface area contributed by atoms with E-state index in [2.05, 4.69) is 48.3 Å². The molecule has 1 heterocycles. The lowest BCUT2D eigenvalue weighted by atomic mass is 9.97. The van der Waals surface area contributed by atoms with E-state index < -0.39 is 0 Å². The Labute approximate surface area is 228 Å². The van der Waals surface area contributed by atoms with E-state index in [0.717, 1.165) is 16.7 Å². The predicted molar refractivity (Wildman–Crippen MR) is 151 cm³/mol. The fourth-order valence-corrected chi connectivity index (χ4v) is 4.56. The molecule has 0 atom stereocenters. The van der Waals surface area contributed by atoms with E-state index in [0.29, 0.717) is 36.0 Å². The highest BCUT2D eigenvalue weighted by atomic mass is 16.5. The maximum absolute atomic E-state index is 9.49. The van der Waals surface area contributed by atoms with Crippen LogP contribution in [0.5, 0.6) is 11.5 Å². The maximum atomic E-state index is 9.49. The molecule has 0 radical (unpaired) electrons. The number of aromatic nitrogens is 2. The molecule has 5 aromatic rings. The molecule has 1 N–H and O–H groups in total. The van der Waals surface area contributed by atoms with E-state index in [1.165, 1.54) is 16.7 Å². The van der Waals surface area contributed by atoms with Gasteiger partial charge in [-0.1, -0.05) is 60.7 Å². The highest BCUT2D eigenvalue weighted by Crippen LogP contribution is 2.34. The third-order valence-corrected chi connectivity index (χ3v) is 6.63. The maximum Gasteiger partial charge on any atom is 0.143 e. The van der Waals surface area contributed by atoms with Crippen molar-refractivity contribution in [2.24, 2.45) is 0 Å². The zero-order valence-electron chi connectivity index (χ0n) is 21.7. The van der Waals surface area contributed by atoms with Crippen molar-refractivity contribution in [3.8, 4) is 40.1 Å². The van der Waals surface area contributed by atoms with Crippen molar-refractivity contribution in [1.29, 1.82) is 5.26 Å². The normalized spacial score (nSPS) is 10.7. The molecule has 0 unspecified atom stereocenters. The summed E-state index contributed by atoms with van der Waals surface area (Å²) < 4.78 is 14.4. The lowest BCUT2D eigenvalue weighted by molar-refractivity contribution is 0.276. The Balaban J connectivity index is 1.41. The van der Waals surface area contributed by atoms with E-state index in [1.54, 1.807) is 12.3 Å². The fourth-order valence-electron chi connectivity index (χ4n) is 4.56. The number of aliphatic hydroxyl groups is 1. The molecule has 0 aliphatic rings. The molecule has 0 bridgehead atoms. The molecule has 194 valence electrons. The van der Waals surface area contributed by atoms with Crippen molar-refractivity contribution in [1.82, 2.24) is 9.55 Å². The van der Waals surface area contributed by atoms with E-state index in [1.807, 2.05) is 65.4 Å². The predicted octanol–water partition coefficient (Wildman–Crippen LogP) is 6.55. The Morgan fingerprint density at radius 3 is 2.54 bits per heavy atom. The van der Waals surface area contributed by atoms with Gasteiger partial charge in [-0.25, -0.2) is 4.98 Å². The Morgan fingerprint density at radius 2 is 1.72 bits per heavy atom. The Kier molecular flexibility index (Phi) is 8.01. The van der Waals surface area contributed by atoms with E-state index in [4.69, 9.17) is 9.47 Å². The van der Waals surface area contributed by atoms with Gasteiger partial charge in [-0.15, -0.1) is 0 Å². The number of hydrogen-bond donors (Lipinski definition) is 1. The van der Waals surface area contributed by atoms with Gasteiger partial charge in [0.05, 0.1) is 23.8 Å². The van der Waals surface area contributed by atoms with Gasteiger partial charge in [0.1, 0.15) is 30.5 Å². The van der Waals surface area contributed by atoms with Gasteiger partial charge >= 0.3 is 0 Å². The molecule has 0 aliphatic heterocycles. The molecular weight excluding hydrogens is 486 g/mol. The summed E-state index contributed by atoms with van der Waals surface area (Å²) in [7, 11) is 0. The third-order valence-electron chi connectivity index (χ3n) is 6.63. The van der Waals surface area contributed by atoms with Crippen LogP contribution in [0.4, 0.5) is 0 Å². The van der Waals surface area contributed by atoms with Crippen molar-refractivity contribution >= 4 is 0 Å². The summed E-state index contributed by atoms with van der Waals surface area (Å²) in [6.45, 7) is 3.24. The molecule has 0 saturated carbocycles. The summed E-state index contributed by atoms with van der Waals surface area (Å²) in [5, 5.41) is 18.7. The summed E-state index contributed by atoms with van der Waals surface area (Å²) in [5.74, 6) is 1.97. The van der Waals surface area contributed by atoms with Gasteiger partial charge in [-0.3, -0.25) is 0 Å². The molecule has 5 rings (SSSR count). The number of nitriles is 1. The van der Waals surface area contributed by atoms with Gasteiger partial charge in [0.15, 0.2) is 0 Å². The largest absolute Gasteiger partial charge is 0.489 e. The van der Waals surface area contributed by atoms with Gasteiger partial charge in [0.25, 0.3) is 0 Å². The first-order valence-corrected chi connectivity index (χ1v) is 12.8. The zero-order chi connectivity index (χ0) is 27.0. The van der Waals surface area contributed by atoms with Crippen LogP contribution in [0, 0.1) is 18.3 Å². The summed E-state index contributed by atoms with van der Waals surface area (Å²) >= 11 is 0. The highest BCUT2D eigenvalue weighted by molar-refractivity contribution is 5.68. The first-order chi connectivity index (χ1) is 19.2. The molecule has 0 aliphatic carbocycles. The van der Waals surface area contributed by atoms with Gasteiger partial charge < -0.3 is 19.1 Å². The molecule has 0 saturated heterocycles. The number of benzene rings is 4. The van der Waals surface area contributed by atoms with E-state index >= 15 is 0 Å². The first-order valence-electron chi connectivity index (χ1n) is 12.8. The molecule has 0 amide bonds. The van der Waals surface area contributed by atoms with Crippen LogP contribution in [0.25, 0.3) is 22.5 Å². The summed E-state index contributed by atoms with van der Waals surface area (Å²) in [6, 6.07) is 31.8. The van der Waals surface area contributed by atoms with E-state index in [9.17, 15) is 10.4 Å². The zero-order valence-corrected chi connectivity index (χ0v) is 21.7. The quantitative estimate of drug-likeness (QED) is 0.228. The summed E-state index contributed by atoms with van der Waals surface area (Å²) in [4.78, 5) is 4.51. The minimum absolute atomic E-state index is 0.00307. The van der Waals surface area contributed by atoms with Crippen LogP contribution in [0.3, 0.4) is 0 Å². The molecule has 1 aromatic heterocycles. The van der Waals surface area contributed by atoms with Crippen molar-refractivity contribution in [2.75, 3.05) is 6.61 Å². The first kappa shape index (κ1) is 25.8. The van der Waals surface area contributed by atoms with Gasteiger partial charge in [-0.05, 0) is 59.0 Å². The summed E-state index contributed by atoms with van der Waals surface area (Å²) in [6.07, 6.45) is 3.54. The van der Waals surface area contributed by atoms with Crippen LogP contribution in [0.15, 0.2) is 103 Å². The lowest BCUT2D eigenvalue weighted by Crippen LogP contribution is -2.05. The second kappa shape index (κ2) is 12.1. The van der Waals surface area contributed by atoms with Crippen LogP contribution in [0.2, 0.25) is 0 Å². The van der Waals surface area contributed by atoms with Crippen LogP contribution in [-0.2, 0) is 19.8 Å². The van der Waals surface area contributed by atoms with Crippen molar-refractivity contribution in [3.05, 3.63) is 126 Å². The lowest BCUT2D eigenvalue weighted by Gasteiger charge is -2.16. The fraction of sp³-hybridized carbons (Fsp3) is 0.152. The second-order valence-electron chi connectivity index (χ2n) is 9.17. The molecule has 0 fully saturated rings. The van der Waals surface area contributed by atoms with E-state index in [-0.39, 0.29) is 13.2 Å². The second-order valence-corrected chi connectivity index (χ2v) is 9.17. The molecule has 6 heteroatoms. The minimum Gasteiger partial charge on any atom is -0.489 e. The van der Waals surface area contributed by atoms with Crippen LogP contribution in [-0.4, -0.2) is 21.3 Å². The van der Waals surface area contributed by atoms with Gasteiger partial charge in [0, 0.05) is 25.0 Å². The minimum atomic E-state index is 0.00307. The average molecular weight is 516 g/mol. The highest BCUT2D eigenvalue weighted by Gasteiger charge is 2.15. The Bertz CT molecular complexity index is 1600. The molecule has 4 aromatic carbocycles. The number of hydrogen-bond acceptors (Lipinski definition) is 5.